The third-order valence-electron chi connectivity index (χ3n) is 3.67. The number of anilines is 3. The summed E-state index contributed by atoms with van der Waals surface area (Å²) < 4.78 is 23.4. The van der Waals surface area contributed by atoms with Crippen molar-refractivity contribution in [1.82, 2.24) is 9.97 Å². The first-order chi connectivity index (χ1) is 13.1. The van der Waals surface area contributed by atoms with E-state index in [1.165, 1.54) is 31.6 Å². The van der Waals surface area contributed by atoms with Gasteiger partial charge in [0.1, 0.15) is 35.2 Å². The Kier molecular flexibility index (Phi) is 5.46. The number of nitrogens with zero attached hydrogens (tertiary/aromatic N) is 2. The molecular weight excluding hydrogens is 351 g/mol. The molecule has 0 saturated heterocycles. The van der Waals surface area contributed by atoms with E-state index in [0.29, 0.717) is 28.7 Å². The number of carbonyl (C=O) groups excluding carboxylic acids is 1. The SMILES string of the molecule is COc1ccc(NC(=O)c2cc(Nc3ccc(F)cc3)ncn2)c(OC)c1. The normalized spacial score (nSPS) is 10.2. The first-order valence-electron chi connectivity index (χ1n) is 7.97. The van der Waals surface area contributed by atoms with Crippen molar-refractivity contribution in [2.45, 2.75) is 0 Å². The van der Waals surface area contributed by atoms with Gasteiger partial charge < -0.3 is 20.1 Å². The number of methoxy groups -OCH3 is 2. The first-order valence-corrected chi connectivity index (χ1v) is 7.97. The largest absolute Gasteiger partial charge is 0.497 e. The summed E-state index contributed by atoms with van der Waals surface area (Å²) in [6, 6.07) is 12.3. The molecule has 0 fully saturated rings. The Hall–Kier alpha value is -3.68. The van der Waals surface area contributed by atoms with Crippen LogP contribution in [0, 0.1) is 5.82 Å². The summed E-state index contributed by atoms with van der Waals surface area (Å²) >= 11 is 0. The van der Waals surface area contributed by atoms with E-state index in [1.807, 2.05) is 0 Å². The van der Waals surface area contributed by atoms with Crippen LogP contribution in [0.2, 0.25) is 0 Å². The van der Waals surface area contributed by atoms with Crippen LogP contribution in [0.5, 0.6) is 11.5 Å². The van der Waals surface area contributed by atoms with Gasteiger partial charge in [-0.15, -0.1) is 0 Å². The van der Waals surface area contributed by atoms with Crippen LogP contribution in [0.25, 0.3) is 0 Å². The van der Waals surface area contributed by atoms with Crippen LogP contribution in [0.15, 0.2) is 54.9 Å². The van der Waals surface area contributed by atoms with E-state index in [9.17, 15) is 9.18 Å². The molecule has 1 amide bonds. The molecule has 0 atom stereocenters. The molecule has 0 saturated carbocycles. The molecule has 3 rings (SSSR count). The van der Waals surface area contributed by atoms with E-state index in [2.05, 4.69) is 20.6 Å². The fourth-order valence-electron chi connectivity index (χ4n) is 2.32. The zero-order chi connectivity index (χ0) is 19.2. The second-order valence-electron chi connectivity index (χ2n) is 5.44. The number of carbonyl (C=O) groups is 1. The second-order valence-corrected chi connectivity index (χ2v) is 5.44. The minimum absolute atomic E-state index is 0.160. The Morgan fingerprint density at radius 1 is 1.00 bits per heavy atom. The van der Waals surface area contributed by atoms with Crippen molar-refractivity contribution < 1.29 is 18.7 Å². The number of aromatic nitrogens is 2. The molecule has 1 aromatic heterocycles. The van der Waals surface area contributed by atoms with E-state index in [4.69, 9.17) is 9.47 Å². The highest BCUT2D eigenvalue weighted by Gasteiger charge is 2.13. The van der Waals surface area contributed by atoms with E-state index in [0.717, 1.165) is 0 Å². The lowest BCUT2D eigenvalue weighted by atomic mass is 10.2. The van der Waals surface area contributed by atoms with Gasteiger partial charge in [0.15, 0.2) is 0 Å². The second kappa shape index (κ2) is 8.13. The Labute approximate surface area is 155 Å². The van der Waals surface area contributed by atoms with E-state index >= 15 is 0 Å². The molecule has 0 radical (unpaired) electrons. The quantitative estimate of drug-likeness (QED) is 0.691. The summed E-state index contributed by atoms with van der Waals surface area (Å²) in [4.78, 5) is 20.6. The van der Waals surface area contributed by atoms with Gasteiger partial charge in [-0.3, -0.25) is 4.79 Å². The average molecular weight is 368 g/mol. The standard InChI is InChI=1S/C19H17FN4O3/c1-26-14-7-8-15(17(9-14)27-2)24-19(25)16-10-18(22-11-21-16)23-13-5-3-12(20)4-6-13/h3-11H,1-2H3,(H,24,25)(H,21,22,23). The van der Waals surface area contributed by atoms with Crippen molar-refractivity contribution in [3.05, 3.63) is 66.4 Å². The van der Waals surface area contributed by atoms with Gasteiger partial charge in [-0.1, -0.05) is 0 Å². The summed E-state index contributed by atoms with van der Waals surface area (Å²) in [5, 5.41) is 5.73. The molecular formula is C19H17FN4O3. The lowest BCUT2D eigenvalue weighted by Gasteiger charge is -2.12. The molecule has 0 aliphatic rings. The zero-order valence-corrected chi connectivity index (χ0v) is 14.7. The highest BCUT2D eigenvalue weighted by molar-refractivity contribution is 6.04. The van der Waals surface area contributed by atoms with Crippen molar-refractivity contribution in [2.24, 2.45) is 0 Å². The molecule has 1 heterocycles. The molecule has 0 spiro atoms. The number of nitrogens with one attached hydrogen (secondary N) is 2. The van der Waals surface area contributed by atoms with Crippen LogP contribution in [-0.4, -0.2) is 30.1 Å². The molecule has 2 N–H and O–H groups in total. The minimum atomic E-state index is -0.428. The highest BCUT2D eigenvalue weighted by Crippen LogP contribution is 2.29. The molecule has 7 nitrogen and oxygen atoms in total. The molecule has 0 bridgehead atoms. The maximum absolute atomic E-state index is 13.0. The lowest BCUT2D eigenvalue weighted by Crippen LogP contribution is -2.15. The molecule has 8 heteroatoms. The maximum Gasteiger partial charge on any atom is 0.274 e. The predicted octanol–water partition coefficient (Wildman–Crippen LogP) is 3.63. The van der Waals surface area contributed by atoms with Crippen LogP contribution >= 0.6 is 0 Å². The highest BCUT2D eigenvalue weighted by atomic mass is 19.1. The molecule has 2 aromatic carbocycles. The van der Waals surface area contributed by atoms with Gasteiger partial charge in [-0.2, -0.15) is 0 Å². The Morgan fingerprint density at radius 3 is 2.48 bits per heavy atom. The third-order valence-corrected chi connectivity index (χ3v) is 3.67. The average Bonchev–Trinajstić information content (AvgIpc) is 2.70. The molecule has 0 aliphatic carbocycles. The topological polar surface area (TPSA) is 85.4 Å². The van der Waals surface area contributed by atoms with Crippen molar-refractivity contribution in [3.63, 3.8) is 0 Å². The van der Waals surface area contributed by atoms with Gasteiger partial charge in [0.2, 0.25) is 0 Å². The molecule has 0 unspecified atom stereocenters. The fraction of sp³-hybridized carbons (Fsp3) is 0.105. The van der Waals surface area contributed by atoms with Crippen molar-refractivity contribution >= 4 is 23.1 Å². The summed E-state index contributed by atoms with van der Waals surface area (Å²) in [5.74, 6) is 0.710. The van der Waals surface area contributed by atoms with Gasteiger partial charge in [0.05, 0.1) is 19.9 Å². The number of ether oxygens (including phenoxy) is 2. The minimum Gasteiger partial charge on any atom is -0.497 e. The molecule has 0 aliphatic heterocycles. The van der Waals surface area contributed by atoms with Gasteiger partial charge in [0, 0.05) is 17.8 Å². The van der Waals surface area contributed by atoms with Gasteiger partial charge >= 0.3 is 0 Å². The van der Waals surface area contributed by atoms with Crippen molar-refractivity contribution in [1.29, 1.82) is 0 Å². The van der Waals surface area contributed by atoms with Crippen molar-refractivity contribution in [2.75, 3.05) is 24.9 Å². The summed E-state index contributed by atoms with van der Waals surface area (Å²) in [7, 11) is 3.05. The lowest BCUT2D eigenvalue weighted by molar-refractivity contribution is 0.102. The van der Waals surface area contributed by atoms with Crippen LogP contribution in [0.1, 0.15) is 10.5 Å². The molecule has 3 aromatic rings. The fourth-order valence-corrected chi connectivity index (χ4v) is 2.32. The van der Waals surface area contributed by atoms with E-state index < -0.39 is 5.91 Å². The first kappa shape index (κ1) is 18.1. The number of halogens is 1. The molecule has 27 heavy (non-hydrogen) atoms. The van der Waals surface area contributed by atoms with Crippen LogP contribution < -0.4 is 20.1 Å². The van der Waals surface area contributed by atoms with E-state index in [1.54, 1.807) is 37.4 Å². The molecule has 138 valence electrons. The van der Waals surface area contributed by atoms with Gasteiger partial charge in [-0.25, -0.2) is 14.4 Å². The Bertz CT molecular complexity index is 948. The predicted molar refractivity (Wildman–Crippen MR) is 99.2 cm³/mol. The summed E-state index contributed by atoms with van der Waals surface area (Å²) in [6.07, 6.45) is 1.27. The number of benzene rings is 2. The smallest absolute Gasteiger partial charge is 0.274 e. The van der Waals surface area contributed by atoms with Gasteiger partial charge in [0.25, 0.3) is 5.91 Å². The maximum atomic E-state index is 13.0. The monoisotopic (exact) mass is 368 g/mol. The van der Waals surface area contributed by atoms with Crippen LogP contribution in [0.4, 0.5) is 21.6 Å². The Balaban J connectivity index is 1.76. The van der Waals surface area contributed by atoms with Crippen LogP contribution in [-0.2, 0) is 0 Å². The summed E-state index contributed by atoms with van der Waals surface area (Å²) in [5.41, 5.74) is 1.28. The third kappa shape index (κ3) is 4.49. The number of hydrogen-bond acceptors (Lipinski definition) is 6. The van der Waals surface area contributed by atoms with E-state index in [-0.39, 0.29) is 11.5 Å². The number of rotatable bonds is 6. The number of amides is 1. The summed E-state index contributed by atoms with van der Waals surface area (Å²) in [6.45, 7) is 0. The van der Waals surface area contributed by atoms with Crippen molar-refractivity contribution in [3.8, 4) is 11.5 Å². The number of hydrogen-bond donors (Lipinski definition) is 2. The van der Waals surface area contributed by atoms with Crippen LogP contribution in [0.3, 0.4) is 0 Å². The zero-order valence-electron chi connectivity index (χ0n) is 14.7. The Morgan fingerprint density at radius 2 is 1.78 bits per heavy atom. The van der Waals surface area contributed by atoms with Gasteiger partial charge in [-0.05, 0) is 36.4 Å².